The Bertz CT molecular complexity index is 1270. The lowest BCUT2D eigenvalue weighted by molar-refractivity contribution is 0.171. The Morgan fingerprint density at radius 1 is 0.692 bits per heavy atom. The first-order chi connectivity index (χ1) is 19.0. The SMILES string of the molecule is CC=CC1CCC(C2CCC(c3ccc(-c4ccc(-c5ccc(CCC)c(F)c5F)cc4)cc3F)CC2)CC1. The number of rotatable bonds is 7. The molecule has 2 aliphatic rings. The third-order valence-electron chi connectivity index (χ3n) is 9.37. The number of hydrogen-bond donors (Lipinski definition) is 0. The first-order valence-electron chi connectivity index (χ1n) is 15.0. The Morgan fingerprint density at radius 2 is 1.31 bits per heavy atom. The Balaban J connectivity index is 1.22. The molecule has 0 spiro atoms. The molecule has 0 amide bonds. The highest BCUT2D eigenvalue weighted by atomic mass is 19.2. The topological polar surface area (TPSA) is 0 Å². The van der Waals surface area contributed by atoms with Crippen LogP contribution in [-0.4, -0.2) is 0 Å². The van der Waals surface area contributed by atoms with Crippen molar-refractivity contribution in [1.29, 1.82) is 0 Å². The van der Waals surface area contributed by atoms with E-state index in [-0.39, 0.29) is 11.4 Å². The van der Waals surface area contributed by atoms with Gasteiger partial charge in [0.15, 0.2) is 11.6 Å². The van der Waals surface area contributed by atoms with Gasteiger partial charge in [0.05, 0.1) is 0 Å². The molecule has 0 bridgehead atoms. The molecule has 0 saturated heterocycles. The molecule has 2 aliphatic carbocycles. The van der Waals surface area contributed by atoms with Crippen LogP contribution in [0, 0.1) is 35.2 Å². The van der Waals surface area contributed by atoms with Crippen LogP contribution in [0.3, 0.4) is 0 Å². The van der Waals surface area contributed by atoms with E-state index in [2.05, 4.69) is 19.1 Å². The van der Waals surface area contributed by atoms with Crippen molar-refractivity contribution >= 4 is 0 Å². The Kier molecular flexibility index (Phi) is 8.95. The molecule has 0 radical (unpaired) electrons. The molecule has 39 heavy (non-hydrogen) atoms. The van der Waals surface area contributed by atoms with Gasteiger partial charge in [-0.1, -0.05) is 74.0 Å². The number of benzene rings is 3. The van der Waals surface area contributed by atoms with Crippen LogP contribution >= 0.6 is 0 Å². The first kappa shape index (κ1) is 27.7. The molecule has 0 atom stereocenters. The zero-order valence-electron chi connectivity index (χ0n) is 23.4. The van der Waals surface area contributed by atoms with Crippen LogP contribution in [0.25, 0.3) is 22.3 Å². The molecule has 0 aliphatic heterocycles. The highest BCUT2D eigenvalue weighted by molar-refractivity contribution is 5.71. The van der Waals surface area contributed by atoms with Gasteiger partial charge < -0.3 is 0 Å². The lowest BCUT2D eigenvalue weighted by atomic mass is 9.68. The van der Waals surface area contributed by atoms with Gasteiger partial charge >= 0.3 is 0 Å². The third-order valence-corrected chi connectivity index (χ3v) is 9.37. The zero-order chi connectivity index (χ0) is 27.4. The molecule has 2 fully saturated rings. The van der Waals surface area contributed by atoms with Crippen molar-refractivity contribution < 1.29 is 13.2 Å². The van der Waals surface area contributed by atoms with Crippen LogP contribution in [0.15, 0.2) is 66.7 Å². The minimum Gasteiger partial charge on any atom is -0.207 e. The van der Waals surface area contributed by atoms with Gasteiger partial charge in [0.1, 0.15) is 5.82 Å². The first-order valence-corrected chi connectivity index (χ1v) is 15.0. The predicted molar refractivity (Wildman–Crippen MR) is 156 cm³/mol. The third kappa shape index (κ3) is 6.18. The van der Waals surface area contributed by atoms with Crippen molar-refractivity contribution in [2.45, 2.75) is 84.0 Å². The average Bonchev–Trinajstić information content (AvgIpc) is 2.97. The number of aryl methyl sites for hydroxylation is 1. The molecule has 3 aromatic carbocycles. The van der Waals surface area contributed by atoms with Crippen molar-refractivity contribution in [3.63, 3.8) is 0 Å². The molecular weight excluding hydrogens is 489 g/mol. The van der Waals surface area contributed by atoms with Crippen molar-refractivity contribution in [3.8, 4) is 22.3 Å². The van der Waals surface area contributed by atoms with Crippen molar-refractivity contribution in [1.82, 2.24) is 0 Å². The van der Waals surface area contributed by atoms with Crippen molar-refractivity contribution in [2.75, 3.05) is 0 Å². The van der Waals surface area contributed by atoms with E-state index in [9.17, 15) is 8.78 Å². The molecule has 0 N–H and O–H groups in total. The maximum absolute atomic E-state index is 15.3. The second kappa shape index (κ2) is 12.6. The van der Waals surface area contributed by atoms with Gasteiger partial charge in [-0.3, -0.25) is 0 Å². The quantitative estimate of drug-likeness (QED) is 0.267. The fourth-order valence-electron chi connectivity index (χ4n) is 7.14. The van der Waals surface area contributed by atoms with Gasteiger partial charge in [0, 0.05) is 5.56 Å². The second-order valence-corrected chi connectivity index (χ2v) is 11.8. The summed E-state index contributed by atoms with van der Waals surface area (Å²) in [6.07, 6.45) is 15.8. The van der Waals surface area contributed by atoms with Gasteiger partial charge in [0.25, 0.3) is 0 Å². The normalized spacial score (nSPS) is 23.8. The fourth-order valence-corrected chi connectivity index (χ4v) is 7.14. The average molecular weight is 531 g/mol. The van der Waals surface area contributed by atoms with Gasteiger partial charge in [0.2, 0.25) is 0 Å². The van der Waals surface area contributed by atoms with E-state index in [1.807, 2.05) is 31.2 Å². The molecule has 2 saturated carbocycles. The summed E-state index contributed by atoms with van der Waals surface area (Å²) in [5, 5.41) is 0. The predicted octanol–water partition coefficient (Wildman–Crippen LogP) is 11.0. The molecule has 0 heterocycles. The summed E-state index contributed by atoms with van der Waals surface area (Å²) >= 11 is 0. The molecule has 206 valence electrons. The summed E-state index contributed by atoms with van der Waals surface area (Å²) in [5.41, 5.74) is 3.79. The van der Waals surface area contributed by atoms with E-state index in [1.54, 1.807) is 30.3 Å². The molecule has 5 rings (SSSR count). The summed E-state index contributed by atoms with van der Waals surface area (Å²) < 4.78 is 44.5. The summed E-state index contributed by atoms with van der Waals surface area (Å²) in [6.45, 7) is 4.07. The van der Waals surface area contributed by atoms with Crippen LogP contribution < -0.4 is 0 Å². The van der Waals surface area contributed by atoms with Gasteiger partial charge in [-0.2, -0.15) is 0 Å². The number of allylic oxidation sites excluding steroid dienone is 2. The monoisotopic (exact) mass is 530 g/mol. The molecule has 0 unspecified atom stereocenters. The highest BCUT2D eigenvalue weighted by Crippen LogP contribution is 2.45. The van der Waals surface area contributed by atoms with Crippen LogP contribution in [0.5, 0.6) is 0 Å². The largest absolute Gasteiger partial charge is 0.207 e. The van der Waals surface area contributed by atoms with Crippen molar-refractivity contribution in [3.05, 3.63) is 95.3 Å². The van der Waals surface area contributed by atoms with Crippen LogP contribution in [-0.2, 0) is 6.42 Å². The Labute approximate surface area is 232 Å². The van der Waals surface area contributed by atoms with E-state index < -0.39 is 11.6 Å². The fraction of sp³-hybridized carbons (Fsp3) is 0.444. The summed E-state index contributed by atoms with van der Waals surface area (Å²) in [6, 6.07) is 16.2. The van der Waals surface area contributed by atoms with Gasteiger partial charge in [-0.05, 0) is 122 Å². The van der Waals surface area contributed by atoms with E-state index in [4.69, 9.17) is 0 Å². The van der Waals surface area contributed by atoms with Crippen LogP contribution in [0.4, 0.5) is 13.2 Å². The molecule has 0 aromatic heterocycles. The molecule has 0 nitrogen and oxygen atoms in total. The minimum atomic E-state index is -0.805. The molecule has 3 aromatic rings. The number of halogens is 3. The van der Waals surface area contributed by atoms with Crippen LogP contribution in [0.1, 0.15) is 88.7 Å². The van der Waals surface area contributed by atoms with Crippen LogP contribution in [0.2, 0.25) is 0 Å². The number of hydrogen-bond acceptors (Lipinski definition) is 0. The van der Waals surface area contributed by atoms with E-state index >= 15 is 4.39 Å². The Morgan fingerprint density at radius 3 is 1.92 bits per heavy atom. The van der Waals surface area contributed by atoms with Gasteiger partial charge in [-0.15, -0.1) is 0 Å². The summed E-state index contributed by atoms with van der Waals surface area (Å²) in [4.78, 5) is 0. The minimum absolute atomic E-state index is 0.133. The molecule has 3 heteroatoms. The summed E-state index contributed by atoms with van der Waals surface area (Å²) in [5.74, 6) is 1.02. The standard InChI is InChI=1S/C36H41F3/c1-3-5-24-7-9-25(10-8-24)26-11-15-28(16-12-26)32-21-20-31(23-34(32)37)27-13-17-29(18-14-27)33-22-19-30(6-4-2)35(38)36(33)39/h3,5,13-14,17-26,28H,4,6-12,15-16H2,1-2H3. The maximum Gasteiger partial charge on any atom is 0.166 e. The van der Waals surface area contributed by atoms with E-state index in [0.717, 1.165) is 53.7 Å². The summed E-state index contributed by atoms with van der Waals surface area (Å²) in [7, 11) is 0. The smallest absolute Gasteiger partial charge is 0.166 e. The lowest BCUT2D eigenvalue weighted by Gasteiger charge is -2.37. The van der Waals surface area contributed by atoms with E-state index in [1.165, 1.54) is 38.5 Å². The zero-order valence-corrected chi connectivity index (χ0v) is 23.4. The Hall–Kier alpha value is -2.81. The van der Waals surface area contributed by atoms with E-state index in [0.29, 0.717) is 23.5 Å². The highest BCUT2D eigenvalue weighted by Gasteiger charge is 2.31. The maximum atomic E-state index is 15.3. The van der Waals surface area contributed by atoms with Gasteiger partial charge in [-0.25, -0.2) is 13.2 Å². The lowest BCUT2D eigenvalue weighted by Crippen LogP contribution is -2.25. The molecular formula is C36H41F3. The van der Waals surface area contributed by atoms with Crippen molar-refractivity contribution in [2.24, 2.45) is 17.8 Å². The second-order valence-electron chi connectivity index (χ2n) is 11.8.